The Kier molecular flexibility index (Phi) is 4.38. The Morgan fingerprint density at radius 1 is 1.22 bits per heavy atom. The van der Waals surface area contributed by atoms with E-state index in [1.807, 2.05) is 23.1 Å². The normalized spacial score (nSPS) is 14.6. The molecule has 2 aromatic rings. The fraction of sp³-hybridized carbons (Fsp3) is 0.312. The number of morpholine rings is 1. The molecule has 1 aliphatic heterocycles. The predicted octanol–water partition coefficient (Wildman–Crippen LogP) is 1.03. The number of para-hydroxylation sites is 1. The van der Waals surface area contributed by atoms with Crippen molar-refractivity contribution in [2.24, 2.45) is 0 Å². The molecule has 7 nitrogen and oxygen atoms in total. The van der Waals surface area contributed by atoms with Gasteiger partial charge in [0.25, 0.3) is 5.56 Å². The largest absolute Gasteiger partial charge is 0.378 e. The van der Waals surface area contributed by atoms with Gasteiger partial charge < -0.3 is 15.0 Å². The lowest BCUT2D eigenvalue weighted by atomic mass is 10.3. The Hall–Kier alpha value is -2.67. The highest BCUT2D eigenvalue weighted by molar-refractivity contribution is 5.92. The van der Waals surface area contributed by atoms with Crippen molar-refractivity contribution in [2.75, 3.05) is 36.5 Å². The van der Waals surface area contributed by atoms with Crippen molar-refractivity contribution in [1.82, 2.24) is 9.78 Å². The highest BCUT2D eigenvalue weighted by Gasteiger charge is 2.20. The molecule has 0 aliphatic carbocycles. The van der Waals surface area contributed by atoms with Crippen molar-refractivity contribution in [3.8, 4) is 5.69 Å². The number of ether oxygens (including phenoxy) is 1. The molecule has 1 aromatic heterocycles. The van der Waals surface area contributed by atoms with Crippen molar-refractivity contribution in [1.29, 1.82) is 0 Å². The molecule has 0 radical (unpaired) electrons. The summed E-state index contributed by atoms with van der Waals surface area (Å²) in [5.74, 6) is -0.289. The van der Waals surface area contributed by atoms with Crippen LogP contribution in [0, 0.1) is 0 Å². The number of benzene rings is 1. The van der Waals surface area contributed by atoms with Crippen LogP contribution in [0.25, 0.3) is 5.69 Å². The maximum absolute atomic E-state index is 12.8. The molecule has 1 fully saturated rings. The van der Waals surface area contributed by atoms with Crippen LogP contribution in [0.4, 0.5) is 11.4 Å². The Morgan fingerprint density at radius 2 is 1.91 bits per heavy atom. The highest BCUT2D eigenvalue weighted by Crippen LogP contribution is 2.22. The minimum absolute atomic E-state index is 0.248. The van der Waals surface area contributed by atoms with Gasteiger partial charge in [0.05, 0.1) is 30.8 Å². The summed E-state index contributed by atoms with van der Waals surface area (Å²) in [6.07, 6.45) is 1.62. The van der Waals surface area contributed by atoms with Gasteiger partial charge in [0.15, 0.2) is 0 Å². The van der Waals surface area contributed by atoms with Crippen LogP contribution in [0.2, 0.25) is 0 Å². The second-order valence-electron chi connectivity index (χ2n) is 5.24. The van der Waals surface area contributed by atoms with Gasteiger partial charge in [-0.2, -0.15) is 9.78 Å². The van der Waals surface area contributed by atoms with Crippen LogP contribution in [0.15, 0.2) is 41.3 Å². The molecule has 120 valence electrons. The van der Waals surface area contributed by atoms with E-state index in [1.54, 1.807) is 18.3 Å². The molecular formula is C16H18N4O3. The van der Waals surface area contributed by atoms with Gasteiger partial charge in [-0.3, -0.25) is 9.59 Å². The van der Waals surface area contributed by atoms with E-state index in [0.717, 1.165) is 0 Å². The van der Waals surface area contributed by atoms with Crippen molar-refractivity contribution < 1.29 is 9.53 Å². The van der Waals surface area contributed by atoms with E-state index in [1.165, 1.54) is 11.6 Å². The molecule has 23 heavy (non-hydrogen) atoms. The third-order valence-corrected chi connectivity index (χ3v) is 3.61. The number of carbonyl (C=O) groups excluding carboxylic acids is 1. The van der Waals surface area contributed by atoms with Gasteiger partial charge in [-0.1, -0.05) is 18.2 Å². The summed E-state index contributed by atoms with van der Waals surface area (Å²) in [4.78, 5) is 26.3. The van der Waals surface area contributed by atoms with Gasteiger partial charge >= 0.3 is 0 Å². The molecule has 0 atom stereocenters. The minimum Gasteiger partial charge on any atom is -0.378 e. The number of rotatable bonds is 3. The third kappa shape index (κ3) is 3.24. The standard InChI is InChI=1S/C16H18N4O3/c1-12(21)18-15-14(19-7-9-23-10-8-19)11-17-20(16(15)22)13-5-3-2-4-6-13/h2-6,11H,7-10H2,1H3,(H,18,21). The average molecular weight is 314 g/mol. The summed E-state index contributed by atoms with van der Waals surface area (Å²) >= 11 is 0. The van der Waals surface area contributed by atoms with E-state index in [-0.39, 0.29) is 17.2 Å². The van der Waals surface area contributed by atoms with Crippen LogP contribution in [0.3, 0.4) is 0 Å². The Morgan fingerprint density at radius 3 is 2.57 bits per heavy atom. The Balaban J connectivity index is 2.09. The molecule has 1 saturated heterocycles. The zero-order valence-corrected chi connectivity index (χ0v) is 12.9. The number of carbonyl (C=O) groups is 1. The zero-order chi connectivity index (χ0) is 16.2. The van der Waals surface area contributed by atoms with Crippen LogP contribution in [0.5, 0.6) is 0 Å². The Bertz CT molecular complexity index is 752. The second-order valence-corrected chi connectivity index (χ2v) is 5.24. The van der Waals surface area contributed by atoms with Gasteiger partial charge in [0, 0.05) is 20.0 Å². The number of nitrogens with one attached hydrogen (secondary N) is 1. The number of nitrogens with zero attached hydrogens (tertiary/aromatic N) is 3. The fourth-order valence-electron chi connectivity index (χ4n) is 2.54. The maximum atomic E-state index is 12.8. The summed E-state index contributed by atoms with van der Waals surface area (Å²) in [5.41, 5.74) is 1.17. The topological polar surface area (TPSA) is 76.5 Å². The van der Waals surface area contributed by atoms with Gasteiger partial charge in [0.1, 0.15) is 5.69 Å². The highest BCUT2D eigenvalue weighted by atomic mass is 16.5. The number of amides is 1. The molecule has 7 heteroatoms. The first-order valence-electron chi connectivity index (χ1n) is 7.45. The van der Waals surface area contributed by atoms with Gasteiger partial charge in [0.2, 0.25) is 5.91 Å². The van der Waals surface area contributed by atoms with Crippen LogP contribution >= 0.6 is 0 Å². The van der Waals surface area contributed by atoms with E-state index in [2.05, 4.69) is 10.4 Å². The predicted molar refractivity (Wildman–Crippen MR) is 87.2 cm³/mol. The summed E-state index contributed by atoms with van der Waals surface area (Å²) < 4.78 is 6.62. The van der Waals surface area contributed by atoms with E-state index in [9.17, 15) is 9.59 Å². The number of hydrogen-bond donors (Lipinski definition) is 1. The van der Waals surface area contributed by atoms with Crippen molar-refractivity contribution in [2.45, 2.75) is 6.92 Å². The van der Waals surface area contributed by atoms with E-state index in [4.69, 9.17) is 4.74 Å². The summed E-state index contributed by atoms with van der Waals surface area (Å²) in [6.45, 7) is 3.87. The van der Waals surface area contributed by atoms with Gasteiger partial charge in [-0.15, -0.1) is 0 Å². The quantitative estimate of drug-likeness (QED) is 0.915. The fourth-order valence-corrected chi connectivity index (χ4v) is 2.54. The lowest BCUT2D eigenvalue weighted by Gasteiger charge is -2.30. The summed E-state index contributed by atoms with van der Waals surface area (Å²) in [7, 11) is 0. The smallest absolute Gasteiger partial charge is 0.297 e. The molecule has 0 saturated carbocycles. The molecule has 3 rings (SSSR count). The minimum atomic E-state index is -0.351. The van der Waals surface area contributed by atoms with Crippen molar-refractivity contribution in [3.05, 3.63) is 46.9 Å². The molecule has 1 aliphatic rings. The molecule has 2 heterocycles. The lowest BCUT2D eigenvalue weighted by molar-refractivity contribution is -0.114. The van der Waals surface area contributed by atoms with Crippen LogP contribution in [-0.2, 0) is 9.53 Å². The van der Waals surface area contributed by atoms with E-state index < -0.39 is 0 Å². The van der Waals surface area contributed by atoms with Gasteiger partial charge in [-0.05, 0) is 12.1 Å². The van der Waals surface area contributed by atoms with E-state index in [0.29, 0.717) is 37.7 Å². The number of hydrogen-bond acceptors (Lipinski definition) is 5. The molecule has 1 N–H and O–H groups in total. The number of anilines is 2. The molecule has 0 unspecified atom stereocenters. The summed E-state index contributed by atoms with van der Waals surface area (Å²) in [6, 6.07) is 9.11. The summed E-state index contributed by atoms with van der Waals surface area (Å²) in [5, 5.41) is 6.92. The molecule has 0 bridgehead atoms. The third-order valence-electron chi connectivity index (χ3n) is 3.61. The Labute approximate surface area is 133 Å². The van der Waals surface area contributed by atoms with E-state index >= 15 is 0 Å². The second kappa shape index (κ2) is 6.62. The van der Waals surface area contributed by atoms with Crippen LogP contribution < -0.4 is 15.8 Å². The molecule has 0 spiro atoms. The average Bonchev–Trinajstić information content (AvgIpc) is 2.58. The first-order valence-corrected chi connectivity index (χ1v) is 7.45. The SMILES string of the molecule is CC(=O)Nc1c(N2CCOCC2)cnn(-c2ccccc2)c1=O. The number of aromatic nitrogens is 2. The molecule has 1 aromatic carbocycles. The first kappa shape index (κ1) is 15.2. The van der Waals surface area contributed by atoms with Crippen LogP contribution in [0.1, 0.15) is 6.92 Å². The zero-order valence-electron chi connectivity index (χ0n) is 12.9. The van der Waals surface area contributed by atoms with Crippen molar-refractivity contribution >= 4 is 17.3 Å². The maximum Gasteiger partial charge on any atom is 0.297 e. The molecular weight excluding hydrogens is 296 g/mol. The first-order chi connectivity index (χ1) is 11.2. The van der Waals surface area contributed by atoms with Crippen LogP contribution in [-0.4, -0.2) is 42.0 Å². The lowest BCUT2D eigenvalue weighted by Crippen LogP contribution is -2.39. The molecule has 1 amide bonds. The monoisotopic (exact) mass is 314 g/mol. The van der Waals surface area contributed by atoms with Crippen molar-refractivity contribution in [3.63, 3.8) is 0 Å². The van der Waals surface area contributed by atoms with Gasteiger partial charge in [-0.25, -0.2) is 0 Å².